The highest BCUT2D eigenvalue weighted by atomic mass is 32.2. The second-order valence-electron chi connectivity index (χ2n) is 5.33. The average molecular weight is 402 g/mol. The monoisotopic (exact) mass is 402 g/mol. The van der Waals surface area contributed by atoms with Gasteiger partial charge >= 0.3 is 12.2 Å². The zero-order valence-electron chi connectivity index (χ0n) is 15.2. The number of hydrogen-bond donors (Lipinski definition) is 4. The van der Waals surface area contributed by atoms with Gasteiger partial charge in [-0.3, -0.25) is 0 Å². The normalized spacial score (nSPS) is 10.9. The van der Waals surface area contributed by atoms with Crippen LogP contribution in [0.25, 0.3) is 0 Å². The molecule has 0 unspecified atom stereocenters. The third-order valence-electron chi connectivity index (χ3n) is 3.05. The number of carbonyl (C=O) groups is 2. The number of hydrogen-bond acceptors (Lipinski definition) is 6. The smallest absolute Gasteiger partial charge is 0.407 e. The third-order valence-corrected chi connectivity index (χ3v) is 4.22. The molecule has 0 aromatic heterocycles. The molecule has 0 aliphatic heterocycles. The van der Waals surface area contributed by atoms with E-state index in [-0.39, 0.29) is 26.3 Å². The molecule has 0 atom stereocenters. The minimum absolute atomic E-state index is 0.0761. The Morgan fingerprint density at radius 2 is 1.44 bits per heavy atom. The molecule has 2 amide bonds. The van der Waals surface area contributed by atoms with E-state index in [1.165, 1.54) is 0 Å². The molecule has 152 valence electrons. The Bertz CT molecular complexity index is 669. The first-order valence-electron chi connectivity index (χ1n) is 8.52. The molecule has 10 nitrogen and oxygen atoms in total. The van der Waals surface area contributed by atoms with E-state index in [2.05, 4.69) is 20.1 Å². The van der Waals surface area contributed by atoms with Crippen LogP contribution in [0, 0.1) is 0 Å². The van der Waals surface area contributed by atoms with Gasteiger partial charge in [-0.15, -0.1) is 0 Å². The van der Waals surface area contributed by atoms with Gasteiger partial charge < -0.3 is 20.1 Å². The minimum atomic E-state index is -3.77. The Labute approximate surface area is 159 Å². The summed E-state index contributed by atoms with van der Waals surface area (Å²) in [6.45, 7) is 2.31. The number of amides is 2. The van der Waals surface area contributed by atoms with Gasteiger partial charge in [0.15, 0.2) is 0 Å². The zero-order chi connectivity index (χ0) is 20.0. The van der Waals surface area contributed by atoms with Crippen molar-refractivity contribution in [3.8, 4) is 0 Å². The van der Waals surface area contributed by atoms with E-state index in [0.717, 1.165) is 12.0 Å². The van der Waals surface area contributed by atoms with Crippen LogP contribution < -0.4 is 20.1 Å². The highest BCUT2D eigenvalue weighted by Gasteiger charge is 2.09. The Balaban J connectivity index is 2.08. The predicted octanol–water partition coefficient (Wildman–Crippen LogP) is 0.473. The maximum atomic E-state index is 11.7. The van der Waals surface area contributed by atoms with Crippen molar-refractivity contribution in [2.75, 3.05) is 32.8 Å². The van der Waals surface area contributed by atoms with Crippen molar-refractivity contribution in [2.24, 2.45) is 0 Å². The van der Waals surface area contributed by atoms with Crippen molar-refractivity contribution >= 4 is 22.4 Å². The first-order chi connectivity index (χ1) is 12.9. The van der Waals surface area contributed by atoms with E-state index in [1.807, 2.05) is 37.3 Å². The molecule has 1 rings (SSSR count). The molecule has 0 spiro atoms. The summed E-state index contributed by atoms with van der Waals surface area (Å²) in [5.41, 5.74) is 0.921. The summed E-state index contributed by atoms with van der Waals surface area (Å²) in [5.74, 6) is 0. The molecule has 0 fully saturated rings. The van der Waals surface area contributed by atoms with Crippen LogP contribution in [0.1, 0.15) is 18.9 Å². The fraction of sp³-hybridized carbons (Fsp3) is 0.500. The summed E-state index contributed by atoms with van der Waals surface area (Å²) in [4.78, 5) is 22.7. The van der Waals surface area contributed by atoms with Crippen molar-refractivity contribution < 1.29 is 27.5 Å². The lowest BCUT2D eigenvalue weighted by Gasteiger charge is -2.10. The molecule has 0 heterocycles. The van der Waals surface area contributed by atoms with Crippen LogP contribution in [0.15, 0.2) is 30.3 Å². The molecule has 0 saturated carbocycles. The Morgan fingerprint density at radius 3 is 2.00 bits per heavy atom. The number of nitrogens with one attached hydrogen (secondary N) is 4. The molecule has 0 radical (unpaired) electrons. The zero-order valence-corrected chi connectivity index (χ0v) is 16.0. The van der Waals surface area contributed by atoms with Crippen molar-refractivity contribution in [1.82, 2.24) is 20.1 Å². The van der Waals surface area contributed by atoms with Crippen LogP contribution in [0.3, 0.4) is 0 Å². The standard InChI is InChI=1S/C16H26N4O6S/c1-2-8-17-15(21)25-11-9-19-27(23,24)20-10-12-26-16(22)18-13-14-6-4-3-5-7-14/h3-7,19-20H,2,8-13H2,1H3,(H,17,21)(H,18,22). The average Bonchev–Trinajstić information content (AvgIpc) is 2.66. The van der Waals surface area contributed by atoms with Gasteiger partial charge in [-0.1, -0.05) is 37.3 Å². The van der Waals surface area contributed by atoms with E-state index in [0.29, 0.717) is 13.1 Å². The van der Waals surface area contributed by atoms with Crippen molar-refractivity contribution in [3.63, 3.8) is 0 Å². The van der Waals surface area contributed by atoms with Crippen molar-refractivity contribution in [2.45, 2.75) is 19.9 Å². The summed E-state index contributed by atoms with van der Waals surface area (Å²) in [6.07, 6.45) is -0.464. The van der Waals surface area contributed by atoms with Gasteiger partial charge in [0.05, 0.1) is 0 Å². The van der Waals surface area contributed by atoms with Crippen LogP contribution in [0.2, 0.25) is 0 Å². The lowest BCUT2D eigenvalue weighted by Crippen LogP contribution is -2.40. The summed E-state index contributed by atoms with van der Waals surface area (Å²) in [5, 5.41) is 5.05. The Hall–Kier alpha value is -2.37. The largest absolute Gasteiger partial charge is 0.448 e. The molecule has 11 heteroatoms. The van der Waals surface area contributed by atoms with Gasteiger partial charge in [0.2, 0.25) is 0 Å². The molecule has 1 aromatic rings. The maximum absolute atomic E-state index is 11.7. The molecule has 0 aliphatic carbocycles. The summed E-state index contributed by atoms with van der Waals surface area (Å²) in [7, 11) is -3.77. The predicted molar refractivity (Wildman–Crippen MR) is 99.2 cm³/mol. The lowest BCUT2D eigenvalue weighted by molar-refractivity contribution is 0.148. The van der Waals surface area contributed by atoms with E-state index in [9.17, 15) is 18.0 Å². The molecule has 1 aromatic carbocycles. The Kier molecular flexibility index (Phi) is 10.8. The highest BCUT2D eigenvalue weighted by Crippen LogP contribution is 1.97. The van der Waals surface area contributed by atoms with E-state index < -0.39 is 22.4 Å². The van der Waals surface area contributed by atoms with Gasteiger partial charge in [-0.05, 0) is 12.0 Å². The molecular weight excluding hydrogens is 376 g/mol. The van der Waals surface area contributed by atoms with Crippen LogP contribution in [0.4, 0.5) is 9.59 Å². The van der Waals surface area contributed by atoms with Gasteiger partial charge in [-0.25, -0.2) is 9.59 Å². The minimum Gasteiger partial charge on any atom is -0.448 e. The van der Waals surface area contributed by atoms with E-state index in [4.69, 9.17) is 9.47 Å². The molecule has 4 N–H and O–H groups in total. The fourth-order valence-electron chi connectivity index (χ4n) is 1.79. The number of rotatable bonds is 12. The summed E-state index contributed by atoms with van der Waals surface area (Å²) >= 11 is 0. The van der Waals surface area contributed by atoms with E-state index in [1.54, 1.807) is 0 Å². The van der Waals surface area contributed by atoms with Crippen LogP contribution in [-0.4, -0.2) is 53.5 Å². The quantitative estimate of drug-likeness (QED) is 0.376. The van der Waals surface area contributed by atoms with E-state index >= 15 is 0 Å². The van der Waals surface area contributed by atoms with Gasteiger partial charge in [0, 0.05) is 26.2 Å². The number of ether oxygens (including phenoxy) is 2. The third kappa shape index (κ3) is 11.8. The second-order valence-corrected chi connectivity index (χ2v) is 6.91. The van der Waals surface area contributed by atoms with Crippen LogP contribution in [-0.2, 0) is 26.2 Å². The Morgan fingerprint density at radius 1 is 0.889 bits per heavy atom. The number of alkyl carbamates (subject to hydrolysis) is 2. The first-order valence-corrected chi connectivity index (χ1v) is 10.0. The van der Waals surface area contributed by atoms with Gasteiger partial charge in [-0.2, -0.15) is 17.9 Å². The molecule has 0 bridgehead atoms. The van der Waals surface area contributed by atoms with Crippen molar-refractivity contribution in [3.05, 3.63) is 35.9 Å². The van der Waals surface area contributed by atoms with Crippen LogP contribution >= 0.6 is 0 Å². The number of carbonyl (C=O) groups excluding carboxylic acids is 2. The topological polar surface area (TPSA) is 135 Å². The lowest BCUT2D eigenvalue weighted by atomic mass is 10.2. The van der Waals surface area contributed by atoms with Crippen LogP contribution in [0.5, 0.6) is 0 Å². The van der Waals surface area contributed by atoms with Gasteiger partial charge in [0.1, 0.15) is 13.2 Å². The van der Waals surface area contributed by atoms with Gasteiger partial charge in [0.25, 0.3) is 10.2 Å². The second kappa shape index (κ2) is 12.9. The maximum Gasteiger partial charge on any atom is 0.407 e. The molecule has 0 aliphatic rings. The van der Waals surface area contributed by atoms with Crippen molar-refractivity contribution in [1.29, 1.82) is 0 Å². The molecule has 27 heavy (non-hydrogen) atoms. The highest BCUT2D eigenvalue weighted by molar-refractivity contribution is 7.87. The summed E-state index contributed by atoms with van der Waals surface area (Å²) < 4.78 is 37.4. The molecular formula is C16H26N4O6S. The first kappa shape index (κ1) is 22.7. The fourth-order valence-corrected chi connectivity index (χ4v) is 2.60. The summed E-state index contributed by atoms with van der Waals surface area (Å²) in [6, 6.07) is 9.29. The molecule has 0 saturated heterocycles. The number of benzene rings is 1. The SMILES string of the molecule is CCCNC(=O)OCCNS(=O)(=O)NCCOC(=O)NCc1ccccc1.